The van der Waals surface area contributed by atoms with Gasteiger partial charge in [0.2, 0.25) is 5.91 Å². The van der Waals surface area contributed by atoms with Crippen LogP contribution in [-0.4, -0.2) is 59.4 Å². The highest BCUT2D eigenvalue weighted by atomic mass is 19.2. The molecule has 0 bridgehead atoms. The zero-order valence-electron chi connectivity index (χ0n) is 21.2. The van der Waals surface area contributed by atoms with Crippen molar-refractivity contribution >= 4 is 11.8 Å². The summed E-state index contributed by atoms with van der Waals surface area (Å²) in [6.45, 7) is 8.93. The predicted octanol–water partition coefficient (Wildman–Crippen LogP) is 3.59. The fourth-order valence-electron chi connectivity index (χ4n) is 5.08. The minimum Gasteiger partial charge on any atom is -0.509 e. The average Bonchev–Trinajstić information content (AvgIpc) is 3.22. The van der Waals surface area contributed by atoms with Crippen molar-refractivity contribution in [3.8, 4) is 0 Å². The van der Waals surface area contributed by atoms with Crippen LogP contribution >= 0.6 is 0 Å². The Morgan fingerprint density at radius 2 is 1.97 bits per heavy atom. The smallest absolute Gasteiger partial charge is 0.273 e. The molecule has 9 heteroatoms. The van der Waals surface area contributed by atoms with E-state index in [-0.39, 0.29) is 35.5 Å². The Balaban J connectivity index is 2.11. The number of nitrogens with zero attached hydrogens (tertiary/aromatic N) is 2. The van der Waals surface area contributed by atoms with E-state index < -0.39 is 23.0 Å². The van der Waals surface area contributed by atoms with E-state index in [2.05, 4.69) is 10.6 Å². The first-order valence-corrected chi connectivity index (χ1v) is 12.3. The van der Waals surface area contributed by atoms with Crippen LogP contribution in [0.4, 0.5) is 8.78 Å². The highest BCUT2D eigenvalue weighted by molar-refractivity contribution is 6.00. The summed E-state index contributed by atoms with van der Waals surface area (Å²) in [7, 11) is 1.68. The maximum absolute atomic E-state index is 14.2. The van der Waals surface area contributed by atoms with Gasteiger partial charge < -0.3 is 25.5 Å². The third-order valence-electron chi connectivity index (χ3n) is 7.01. The Bertz CT molecular complexity index is 1060. The van der Waals surface area contributed by atoms with Gasteiger partial charge in [-0.25, -0.2) is 8.78 Å². The van der Waals surface area contributed by atoms with E-state index in [0.29, 0.717) is 50.2 Å². The second-order valence-corrected chi connectivity index (χ2v) is 9.31. The third-order valence-corrected chi connectivity index (χ3v) is 7.01. The molecular weight excluding hydrogens is 454 g/mol. The lowest BCUT2D eigenvalue weighted by molar-refractivity contribution is -0.128. The zero-order chi connectivity index (χ0) is 25.9. The molecule has 1 saturated heterocycles. The molecule has 1 aromatic rings. The second-order valence-electron chi connectivity index (χ2n) is 9.31. The standard InChI is InChI=1S/C26H36F2N4O3/c1-6-13-26(4)19(24(34)30-15-16-10-9-11-17(27)20(16)28)21-18(29-7-2)12-14-32(21)22(23(26)33)25(35)31(5)8-3/h9-11,18,29,33H,6-8,12-15H2,1-5H3,(H,30,34). The van der Waals surface area contributed by atoms with Gasteiger partial charge in [-0.1, -0.05) is 32.4 Å². The zero-order valence-corrected chi connectivity index (χ0v) is 21.2. The predicted molar refractivity (Wildman–Crippen MR) is 130 cm³/mol. The van der Waals surface area contributed by atoms with Crippen molar-refractivity contribution in [2.45, 2.75) is 59.5 Å². The minimum absolute atomic E-state index is 0.0312. The summed E-state index contributed by atoms with van der Waals surface area (Å²) < 4.78 is 27.9. The Morgan fingerprint density at radius 3 is 2.60 bits per heavy atom. The summed E-state index contributed by atoms with van der Waals surface area (Å²) >= 11 is 0. The Labute approximate surface area is 205 Å². The maximum Gasteiger partial charge on any atom is 0.273 e. The Hall–Kier alpha value is -2.94. The normalized spacial score (nSPS) is 21.9. The molecule has 7 nitrogen and oxygen atoms in total. The number of halogens is 2. The summed E-state index contributed by atoms with van der Waals surface area (Å²) in [6.07, 6.45) is 1.74. The third kappa shape index (κ3) is 4.78. The molecule has 2 atom stereocenters. The van der Waals surface area contributed by atoms with Crippen molar-refractivity contribution in [3.05, 3.63) is 58.1 Å². The van der Waals surface area contributed by atoms with E-state index in [4.69, 9.17) is 0 Å². The molecule has 2 aliphatic heterocycles. The lowest BCUT2D eigenvalue weighted by Crippen LogP contribution is -2.48. The van der Waals surface area contributed by atoms with Gasteiger partial charge in [-0.3, -0.25) is 9.59 Å². The molecule has 0 saturated carbocycles. The van der Waals surface area contributed by atoms with Crippen LogP contribution in [0.25, 0.3) is 0 Å². The molecule has 2 heterocycles. The molecule has 35 heavy (non-hydrogen) atoms. The molecule has 3 N–H and O–H groups in total. The topological polar surface area (TPSA) is 84.9 Å². The van der Waals surface area contributed by atoms with Gasteiger partial charge in [0.05, 0.1) is 11.0 Å². The minimum atomic E-state index is -1.12. The van der Waals surface area contributed by atoms with Crippen LogP contribution in [0, 0.1) is 17.0 Å². The van der Waals surface area contributed by atoms with Gasteiger partial charge in [-0.2, -0.15) is 0 Å². The van der Waals surface area contributed by atoms with Crippen molar-refractivity contribution in [2.75, 3.05) is 26.7 Å². The number of amides is 2. The van der Waals surface area contributed by atoms with Crippen molar-refractivity contribution in [3.63, 3.8) is 0 Å². The van der Waals surface area contributed by atoms with E-state index in [0.717, 1.165) is 6.07 Å². The van der Waals surface area contributed by atoms with Crippen molar-refractivity contribution in [1.29, 1.82) is 0 Å². The number of fused-ring (bicyclic) bond motifs is 1. The Kier molecular flexibility index (Phi) is 8.20. The molecule has 0 aliphatic carbocycles. The van der Waals surface area contributed by atoms with Crippen molar-refractivity contribution in [2.24, 2.45) is 5.41 Å². The molecule has 2 amide bonds. The summed E-state index contributed by atoms with van der Waals surface area (Å²) in [6, 6.07) is 3.64. The van der Waals surface area contributed by atoms with Crippen molar-refractivity contribution in [1.82, 2.24) is 20.4 Å². The fraction of sp³-hybridized carbons (Fsp3) is 0.538. The van der Waals surface area contributed by atoms with Crippen LogP contribution in [-0.2, 0) is 16.1 Å². The number of benzene rings is 1. The van der Waals surface area contributed by atoms with Gasteiger partial charge >= 0.3 is 0 Å². The van der Waals surface area contributed by atoms with E-state index in [1.807, 2.05) is 20.8 Å². The van der Waals surface area contributed by atoms with Crippen LogP contribution in [0.3, 0.4) is 0 Å². The lowest BCUT2D eigenvalue weighted by atomic mass is 9.71. The van der Waals surface area contributed by atoms with Crippen LogP contribution in [0.2, 0.25) is 0 Å². The first-order chi connectivity index (χ1) is 16.6. The first kappa shape index (κ1) is 26.7. The van der Waals surface area contributed by atoms with Crippen LogP contribution in [0.15, 0.2) is 40.9 Å². The molecule has 192 valence electrons. The number of likely N-dealkylation sites (N-methyl/N-ethyl adjacent to an activating group) is 2. The summed E-state index contributed by atoms with van der Waals surface area (Å²) in [5, 5.41) is 17.7. The molecule has 1 aromatic carbocycles. The van der Waals surface area contributed by atoms with Gasteiger partial charge in [0.25, 0.3) is 5.91 Å². The molecular formula is C26H36F2N4O3. The largest absolute Gasteiger partial charge is 0.509 e. The van der Waals surface area contributed by atoms with Crippen LogP contribution in [0.5, 0.6) is 0 Å². The molecule has 0 radical (unpaired) electrons. The molecule has 2 unspecified atom stereocenters. The molecule has 0 spiro atoms. The number of carbonyl (C=O) groups is 2. The van der Waals surface area contributed by atoms with Gasteiger partial charge in [0.1, 0.15) is 11.5 Å². The van der Waals surface area contributed by atoms with Gasteiger partial charge in [-0.15, -0.1) is 0 Å². The summed E-state index contributed by atoms with van der Waals surface area (Å²) in [5.41, 5.74) is 0.124. The second kappa shape index (κ2) is 10.8. The molecule has 2 aliphatic rings. The SMILES string of the molecule is CCCC1(C)C(O)=C(C(=O)N(C)CC)N2CCC(NCC)C2=C1C(=O)NCc1cccc(F)c1F. The van der Waals surface area contributed by atoms with E-state index in [9.17, 15) is 23.5 Å². The number of aliphatic hydroxyl groups excluding tert-OH is 1. The number of nitrogens with one attached hydrogen (secondary N) is 2. The van der Waals surface area contributed by atoms with E-state index in [1.165, 1.54) is 17.0 Å². The number of allylic oxidation sites excluding steroid dienone is 1. The average molecular weight is 491 g/mol. The fourth-order valence-corrected chi connectivity index (χ4v) is 5.08. The molecule has 0 aromatic heterocycles. The number of rotatable bonds is 9. The maximum atomic E-state index is 14.2. The number of carbonyl (C=O) groups excluding carboxylic acids is 2. The molecule has 1 fully saturated rings. The quantitative estimate of drug-likeness (QED) is 0.493. The number of hydrogen-bond donors (Lipinski definition) is 3. The van der Waals surface area contributed by atoms with Gasteiger partial charge in [0.15, 0.2) is 11.6 Å². The van der Waals surface area contributed by atoms with Gasteiger partial charge in [0, 0.05) is 44.0 Å². The summed E-state index contributed by atoms with van der Waals surface area (Å²) in [5.74, 6) is -2.89. The van der Waals surface area contributed by atoms with Crippen LogP contribution in [0.1, 0.15) is 52.5 Å². The highest BCUT2D eigenvalue weighted by Gasteiger charge is 2.51. The highest BCUT2D eigenvalue weighted by Crippen LogP contribution is 2.49. The van der Waals surface area contributed by atoms with Crippen LogP contribution < -0.4 is 10.6 Å². The van der Waals surface area contributed by atoms with Gasteiger partial charge in [-0.05, 0) is 39.3 Å². The number of aliphatic hydroxyl groups is 1. The number of hydrogen-bond acceptors (Lipinski definition) is 5. The lowest BCUT2D eigenvalue weighted by Gasteiger charge is -2.42. The summed E-state index contributed by atoms with van der Waals surface area (Å²) in [4.78, 5) is 30.3. The van der Waals surface area contributed by atoms with E-state index in [1.54, 1.807) is 18.9 Å². The van der Waals surface area contributed by atoms with Crippen molar-refractivity contribution < 1.29 is 23.5 Å². The Morgan fingerprint density at radius 1 is 1.26 bits per heavy atom. The molecule has 3 rings (SSSR count). The van der Waals surface area contributed by atoms with E-state index >= 15 is 0 Å². The monoisotopic (exact) mass is 490 g/mol. The first-order valence-electron chi connectivity index (χ1n) is 12.3.